The topological polar surface area (TPSA) is 103 Å². The van der Waals surface area contributed by atoms with E-state index in [0.29, 0.717) is 22.8 Å². The maximum atomic E-state index is 11.7. The first-order valence-electron chi connectivity index (χ1n) is 5.71. The smallest absolute Gasteiger partial charge is 0.262 e. The number of methoxy groups -OCH3 is 1. The molecule has 0 aliphatic carbocycles. The second kappa shape index (κ2) is 5.15. The molecule has 19 heavy (non-hydrogen) atoms. The average molecular weight is 265 g/mol. The lowest BCUT2D eigenvalue weighted by molar-refractivity contribution is -0.124. The van der Waals surface area contributed by atoms with Crippen LogP contribution in [0.25, 0.3) is 0 Å². The molecule has 2 amide bonds. The van der Waals surface area contributed by atoms with Gasteiger partial charge in [0.25, 0.3) is 11.8 Å². The molecule has 0 saturated heterocycles. The number of carbonyl (C=O) groups excluding carboxylic acids is 2. The van der Waals surface area contributed by atoms with Crippen LogP contribution in [-0.2, 0) is 14.3 Å². The van der Waals surface area contributed by atoms with Crippen LogP contribution in [0.3, 0.4) is 0 Å². The highest BCUT2D eigenvalue weighted by atomic mass is 16.5. The van der Waals surface area contributed by atoms with Gasteiger partial charge in [0, 0.05) is 13.2 Å². The first-order valence-corrected chi connectivity index (χ1v) is 5.71. The fourth-order valence-electron chi connectivity index (χ4n) is 1.59. The monoisotopic (exact) mass is 265 g/mol. The number of nitrogens with two attached hydrogens (primary N) is 1. The number of amides is 2. The number of nitrogen functional groups attached to an aromatic ring is 1. The van der Waals surface area contributed by atoms with Crippen molar-refractivity contribution in [2.45, 2.75) is 13.0 Å². The van der Waals surface area contributed by atoms with E-state index in [1.807, 2.05) is 0 Å². The Bertz CT molecular complexity index is 530. The summed E-state index contributed by atoms with van der Waals surface area (Å²) in [6.07, 6.45) is -0.596. The number of nitrogens with one attached hydrogen (secondary N) is 2. The number of rotatable bonds is 3. The number of ether oxygens (including phenoxy) is 2. The Hall–Kier alpha value is -2.28. The Kier molecular flexibility index (Phi) is 3.57. The van der Waals surface area contributed by atoms with E-state index < -0.39 is 6.10 Å². The van der Waals surface area contributed by atoms with Gasteiger partial charge in [-0.05, 0) is 13.0 Å². The Balaban J connectivity index is 2.24. The summed E-state index contributed by atoms with van der Waals surface area (Å²) in [7, 11) is 1.44. The molecule has 102 valence electrons. The molecule has 2 rings (SSSR count). The van der Waals surface area contributed by atoms with E-state index in [4.69, 9.17) is 15.2 Å². The number of hydrogen-bond donors (Lipinski definition) is 3. The van der Waals surface area contributed by atoms with Gasteiger partial charge in [-0.2, -0.15) is 0 Å². The first kappa shape index (κ1) is 13.2. The van der Waals surface area contributed by atoms with Crippen LogP contribution in [0, 0.1) is 0 Å². The summed E-state index contributed by atoms with van der Waals surface area (Å²) in [5, 5.41) is 5.27. The van der Waals surface area contributed by atoms with Crippen molar-refractivity contribution in [3.05, 3.63) is 12.1 Å². The predicted octanol–water partition coefficient (Wildman–Crippen LogP) is 0.573. The molecule has 0 bridgehead atoms. The van der Waals surface area contributed by atoms with Gasteiger partial charge in [0.15, 0.2) is 6.61 Å². The van der Waals surface area contributed by atoms with Gasteiger partial charge in [-0.3, -0.25) is 9.59 Å². The summed E-state index contributed by atoms with van der Waals surface area (Å²) in [6.45, 7) is 1.58. The quantitative estimate of drug-likeness (QED) is 0.693. The van der Waals surface area contributed by atoms with Gasteiger partial charge in [0.1, 0.15) is 11.9 Å². The molecule has 1 unspecified atom stereocenters. The minimum atomic E-state index is -0.596. The highest BCUT2D eigenvalue weighted by Crippen LogP contribution is 2.35. The van der Waals surface area contributed by atoms with Crippen molar-refractivity contribution in [3.63, 3.8) is 0 Å². The fourth-order valence-corrected chi connectivity index (χ4v) is 1.59. The Morgan fingerprint density at radius 3 is 3.00 bits per heavy atom. The van der Waals surface area contributed by atoms with Gasteiger partial charge in [0.2, 0.25) is 0 Å². The minimum Gasteiger partial charge on any atom is -0.482 e. The molecule has 1 aliphatic rings. The standard InChI is InChI=1S/C12H15N3O4/c1-6(18-2)12(17)15-8-4-9-10(3-7(8)13)19-5-11(16)14-9/h3-4,6H,5,13H2,1-2H3,(H,14,16)(H,15,17). The van der Waals surface area contributed by atoms with Crippen LogP contribution in [-0.4, -0.2) is 31.6 Å². The third kappa shape index (κ3) is 2.76. The van der Waals surface area contributed by atoms with E-state index in [1.165, 1.54) is 7.11 Å². The molecule has 0 fully saturated rings. The normalized spacial score (nSPS) is 14.9. The molecule has 0 aromatic heterocycles. The molecule has 7 heteroatoms. The summed E-state index contributed by atoms with van der Waals surface area (Å²) in [4.78, 5) is 22.9. The van der Waals surface area contributed by atoms with Crippen molar-refractivity contribution in [2.75, 3.05) is 30.1 Å². The van der Waals surface area contributed by atoms with Crippen molar-refractivity contribution in [3.8, 4) is 5.75 Å². The number of hydrogen-bond acceptors (Lipinski definition) is 5. The lowest BCUT2D eigenvalue weighted by atomic mass is 10.2. The first-order chi connectivity index (χ1) is 9.01. The highest BCUT2D eigenvalue weighted by molar-refractivity contribution is 6.01. The summed E-state index contributed by atoms with van der Waals surface area (Å²) in [5.41, 5.74) is 7.05. The van der Waals surface area contributed by atoms with Crippen molar-refractivity contribution >= 4 is 28.9 Å². The molecular formula is C12H15N3O4. The second-order valence-electron chi connectivity index (χ2n) is 4.14. The molecule has 1 aromatic rings. The summed E-state index contributed by atoms with van der Waals surface area (Å²) in [6, 6.07) is 3.11. The average Bonchev–Trinajstić information content (AvgIpc) is 2.39. The van der Waals surface area contributed by atoms with Crippen molar-refractivity contribution in [1.29, 1.82) is 0 Å². The van der Waals surface area contributed by atoms with Gasteiger partial charge < -0.3 is 25.8 Å². The van der Waals surface area contributed by atoms with Crippen LogP contribution >= 0.6 is 0 Å². The molecule has 0 spiro atoms. The van der Waals surface area contributed by atoms with Crippen LogP contribution in [0.15, 0.2) is 12.1 Å². The van der Waals surface area contributed by atoms with Crippen molar-refractivity contribution in [1.82, 2.24) is 0 Å². The molecule has 7 nitrogen and oxygen atoms in total. The van der Waals surface area contributed by atoms with Crippen LogP contribution in [0.4, 0.5) is 17.1 Å². The maximum absolute atomic E-state index is 11.7. The number of anilines is 3. The maximum Gasteiger partial charge on any atom is 0.262 e. The molecular weight excluding hydrogens is 250 g/mol. The van der Waals surface area contributed by atoms with Crippen molar-refractivity contribution in [2.24, 2.45) is 0 Å². The van der Waals surface area contributed by atoms with Gasteiger partial charge in [-0.1, -0.05) is 0 Å². The summed E-state index contributed by atoms with van der Waals surface area (Å²) >= 11 is 0. The molecule has 1 heterocycles. The van der Waals surface area contributed by atoms with E-state index in [0.717, 1.165) is 0 Å². The third-order valence-corrected chi connectivity index (χ3v) is 2.77. The Morgan fingerprint density at radius 1 is 1.58 bits per heavy atom. The Morgan fingerprint density at radius 2 is 2.32 bits per heavy atom. The van der Waals surface area contributed by atoms with Gasteiger partial charge in [0.05, 0.1) is 17.1 Å². The fraction of sp³-hybridized carbons (Fsp3) is 0.333. The zero-order valence-electron chi connectivity index (χ0n) is 10.6. The molecule has 1 atom stereocenters. The number of carbonyl (C=O) groups is 2. The number of benzene rings is 1. The largest absolute Gasteiger partial charge is 0.482 e. The van der Waals surface area contributed by atoms with E-state index in [2.05, 4.69) is 10.6 Å². The van der Waals surface area contributed by atoms with Crippen LogP contribution in [0.1, 0.15) is 6.92 Å². The zero-order valence-corrected chi connectivity index (χ0v) is 10.6. The van der Waals surface area contributed by atoms with E-state index in [1.54, 1.807) is 19.1 Å². The van der Waals surface area contributed by atoms with E-state index >= 15 is 0 Å². The van der Waals surface area contributed by atoms with E-state index in [9.17, 15) is 9.59 Å². The molecule has 0 radical (unpaired) electrons. The SMILES string of the molecule is COC(C)C(=O)Nc1cc2c(cc1N)OCC(=O)N2. The predicted molar refractivity (Wildman–Crippen MR) is 70.1 cm³/mol. The summed E-state index contributed by atoms with van der Waals surface area (Å²) in [5.74, 6) is -0.0908. The highest BCUT2D eigenvalue weighted by Gasteiger charge is 2.19. The van der Waals surface area contributed by atoms with Gasteiger partial charge in [-0.15, -0.1) is 0 Å². The minimum absolute atomic E-state index is 0.0428. The molecule has 0 saturated carbocycles. The third-order valence-electron chi connectivity index (χ3n) is 2.77. The second-order valence-corrected chi connectivity index (χ2v) is 4.14. The van der Waals surface area contributed by atoms with Gasteiger partial charge in [-0.25, -0.2) is 0 Å². The van der Waals surface area contributed by atoms with Gasteiger partial charge >= 0.3 is 0 Å². The lowest BCUT2D eigenvalue weighted by Gasteiger charge is -2.20. The summed E-state index contributed by atoms with van der Waals surface area (Å²) < 4.78 is 10.1. The molecule has 1 aromatic carbocycles. The Labute approximate surface area is 110 Å². The van der Waals surface area contributed by atoms with Crippen LogP contribution in [0.5, 0.6) is 5.75 Å². The van der Waals surface area contributed by atoms with Crippen LogP contribution < -0.4 is 21.1 Å². The molecule has 1 aliphatic heterocycles. The lowest BCUT2D eigenvalue weighted by Crippen LogP contribution is -2.28. The number of fused-ring (bicyclic) bond motifs is 1. The van der Waals surface area contributed by atoms with Crippen molar-refractivity contribution < 1.29 is 19.1 Å². The van der Waals surface area contributed by atoms with E-state index in [-0.39, 0.29) is 18.4 Å². The van der Waals surface area contributed by atoms with Crippen LogP contribution in [0.2, 0.25) is 0 Å². The zero-order chi connectivity index (χ0) is 14.0. The molecule has 4 N–H and O–H groups in total.